The van der Waals surface area contributed by atoms with Crippen LogP contribution in [0.25, 0.3) is 0 Å². The first kappa shape index (κ1) is 16.0. The second-order valence-electron chi connectivity index (χ2n) is 5.27. The third-order valence-electron chi connectivity index (χ3n) is 3.39. The van der Waals surface area contributed by atoms with E-state index in [1.54, 1.807) is 7.05 Å². The van der Waals surface area contributed by atoms with Gasteiger partial charge in [-0.15, -0.1) is 24.0 Å². The third kappa shape index (κ3) is 4.89. The highest BCUT2D eigenvalue weighted by Crippen LogP contribution is 2.42. The number of guanidine groups is 1. The van der Waals surface area contributed by atoms with Crippen LogP contribution in [0.3, 0.4) is 0 Å². The lowest BCUT2D eigenvalue weighted by molar-refractivity contribution is 0.235. The molecule has 0 spiro atoms. The van der Waals surface area contributed by atoms with Crippen molar-refractivity contribution < 1.29 is 0 Å². The van der Waals surface area contributed by atoms with Gasteiger partial charge in [-0.05, 0) is 30.6 Å². The van der Waals surface area contributed by atoms with Crippen molar-refractivity contribution in [3.63, 3.8) is 0 Å². The molecule has 0 aromatic rings. The van der Waals surface area contributed by atoms with E-state index in [4.69, 9.17) is 5.73 Å². The maximum Gasteiger partial charge on any atom is 0.188 e. The molecule has 1 aliphatic rings. The number of aliphatic imine (C=N–C) groups is 1. The Morgan fingerprint density at radius 1 is 1.38 bits per heavy atom. The van der Waals surface area contributed by atoms with Crippen molar-refractivity contribution in [3.05, 3.63) is 0 Å². The van der Waals surface area contributed by atoms with Gasteiger partial charge in [0.1, 0.15) is 0 Å². The fourth-order valence-corrected chi connectivity index (χ4v) is 2.80. The Kier molecular flexibility index (Phi) is 7.35. The summed E-state index contributed by atoms with van der Waals surface area (Å²) in [5, 5.41) is 3.25. The van der Waals surface area contributed by atoms with Crippen LogP contribution in [-0.2, 0) is 0 Å². The molecule has 0 atom stereocenters. The van der Waals surface area contributed by atoms with Crippen LogP contribution in [0.1, 0.15) is 46.0 Å². The molecule has 0 aromatic carbocycles. The van der Waals surface area contributed by atoms with E-state index in [1.165, 1.54) is 32.1 Å². The first-order chi connectivity index (χ1) is 7.08. The standard InChI is InChI=1S/C12H25N3.HI/c1-10(2)8-12(6-4-5-7-12)9-15-11(13)14-3;/h10H,4-9H2,1-3H3,(H3,13,14,15);1H. The molecular weight excluding hydrogens is 313 g/mol. The summed E-state index contributed by atoms with van der Waals surface area (Å²) in [4.78, 5) is 3.94. The minimum Gasteiger partial charge on any atom is -0.370 e. The van der Waals surface area contributed by atoms with Crippen molar-refractivity contribution in [2.45, 2.75) is 46.0 Å². The average Bonchev–Trinajstić information content (AvgIpc) is 2.62. The summed E-state index contributed by atoms with van der Waals surface area (Å²) in [7, 11) is 1.73. The van der Waals surface area contributed by atoms with Gasteiger partial charge in [-0.1, -0.05) is 26.7 Å². The highest BCUT2D eigenvalue weighted by molar-refractivity contribution is 14.0. The Bertz CT molecular complexity index is 220. The summed E-state index contributed by atoms with van der Waals surface area (Å²) < 4.78 is 0. The van der Waals surface area contributed by atoms with Gasteiger partial charge < -0.3 is 11.1 Å². The summed E-state index contributed by atoms with van der Waals surface area (Å²) in [6.07, 6.45) is 6.73. The van der Waals surface area contributed by atoms with Gasteiger partial charge in [-0.2, -0.15) is 0 Å². The smallest absolute Gasteiger partial charge is 0.188 e. The molecule has 0 saturated heterocycles. The number of nitrogens with zero attached hydrogens (tertiary/aromatic N) is 1. The van der Waals surface area contributed by atoms with E-state index in [9.17, 15) is 0 Å². The van der Waals surface area contributed by atoms with Crippen LogP contribution in [0.5, 0.6) is 0 Å². The molecule has 0 bridgehead atoms. The molecule has 16 heavy (non-hydrogen) atoms. The summed E-state index contributed by atoms with van der Waals surface area (Å²) in [5.74, 6) is 1.34. The van der Waals surface area contributed by atoms with Crippen LogP contribution in [-0.4, -0.2) is 19.6 Å². The molecule has 0 amide bonds. The van der Waals surface area contributed by atoms with Gasteiger partial charge >= 0.3 is 0 Å². The number of nitrogens with one attached hydrogen (secondary N) is 1. The SMILES string of the molecule is CN=C(N)NCC1(CC(C)C)CCCC1.I. The van der Waals surface area contributed by atoms with Gasteiger partial charge in [0.2, 0.25) is 0 Å². The molecule has 0 aromatic heterocycles. The van der Waals surface area contributed by atoms with Crippen molar-refractivity contribution in [3.8, 4) is 0 Å². The summed E-state index contributed by atoms with van der Waals surface area (Å²) >= 11 is 0. The Hall–Kier alpha value is 0. The zero-order chi connectivity index (χ0) is 11.3. The van der Waals surface area contributed by atoms with Crippen LogP contribution in [0.4, 0.5) is 0 Å². The highest BCUT2D eigenvalue weighted by atomic mass is 127. The molecule has 4 heteroatoms. The lowest BCUT2D eigenvalue weighted by Gasteiger charge is -2.31. The van der Waals surface area contributed by atoms with Gasteiger partial charge in [0, 0.05) is 13.6 Å². The van der Waals surface area contributed by atoms with Crippen LogP contribution in [0.15, 0.2) is 4.99 Å². The van der Waals surface area contributed by atoms with Crippen LogP contribution in [0.2, 0.25) is 0 Å². The fraction of sp³-hybridized carbons (Fsp3) is 0.917. The maximum atomic E-state index is 5.68. The first-order valence-corrected chi connectivity index (χ1v) is 6.04. The van der Waals surface area contributed by atoms with Crippen molar-refractivity contribution >= 4 is 29.9 Å². The molecule has 0 heterocycles. The molecule has 0 aliphatic heterocycles. The van der Waals surface area contributed by atoms with Crippen LogP contribution < -0.4 is 11.1 Å². The molecule has 0 unspecified atom stereocenters. The Morgan fingerprint density at radius 3 is 2.38 bits per heavy atom. The van der Waals surface area contributed by atoms with Gasteiger partial charge in [0.25, 0.3) is 0 Å². The monoisotopic (exact) mass is 339 g/mol. The number of hydrogen-bond acceptors (Lipinski definition) is 1. The Labute approximate surface area is 117 Å². The first-order valence-electron chi connectivity index (χ1n) is 6.04. The van der Waals surface area contributed by atoms with Crippen molar-refractivity contribution in [1.82, 2.24) is 5.32 Å². The summed E-state index contributed by atoms with van der Waals surface area (Å²) in [6, 6.07) is 0. The number of rotatable bonds is 4. The number of halogens is 1. The second-order valence-corrected chi connectivity index (χ2v) is 5.27. The van der Waals surface area contributed by atoms with Gasteiger partial charge in [-0.25, -0.2) is 0 Å². The van der Waals surface area contributed by atoms with Crippen molar-refractivity contribution in [1.29, 1.82) is 0 Å². The van der Waals surface area contributed by atoms with E-state index in [0.29, 0.717) is 11.4 Å². The number of nitrogens with two attached hydrogens (primary N) is 1. The Morgan fingerprint density at radius 2 is 1.94 bits per heavy atom. The van der Waals surface area contributed by atoms with Gasteiger partial charge in [0.05, 0.1) is 0 Å². The average molecular weight is 339 g/mol. The zero-order valence-electron chi connectivity index (χ0n) is 10.8. The molecule has 0 radical (unpaired) electrons. The highest BCUT2D eigenvalue weighted by Gasteiger charge is 2.34. The van der Waals surface area contributed by atoms with Crippen molar-refractivity contribution in [2.75, 3.05) is 13.6 Å². The Balaban J connectivity index is 0.00000225. The van der Waals surface area contributed by atoms with Crippen molar-refractivity contribution in [2.24, 2.45) is 22.1 Å². The molecule has 1 fully saturated rings. The number of hydrogen-bond donors (Lipinski definition) is 2. The summed E-state index contributed by atoms with van der Waals surface area (Å²) in [6.45, 7) is 5.60. The molecule has 3 N–H and O–H groups in total. The molecule has 3 nitrogen and oxygen atoms in total. The molecule has 1 aliphatic carbocycles. The van der Waals surface area contributed by atoms with Crippen LogP contribution in [0, 0.1) is 11.3 Å². The third-order valence-corrected chi connectivity index (χ3v) is 3.39. The topological polar surface area (TPSA) is 50.4 Å². The van der Waals surface area contributed by atoms with E-state index >= 15 is 0 Å². The predicted molar refractivity (Wildman–Crippen MR) is 81.3 cm³/mol. The molecular formula is C12H26IN3. The lowest BCUT2D eigenvalue weighted by atomic mass is 9.78. The maximum absolute atomic E-state index is 5.68. The zero-order valence-corrected chi connectivity index (χ0v) is 13.1. The quantitative estimate of drug-likeness (QED) is 0.470. The van der Waals surface area contributed by atoms with Gasteiger partial charge in [0.15, 0.2) is 5.96 Å². The molecule has 96 valence electrons. The minimum absolute atomic E-state index is 0. The normalized spacial score (nSPS) is 19.6. The molecule has 1 rings (SSSR count). The largest absolute Gasteiger partial charge is 0.370 e. The van der Waals surface area contributed by atoms with E-state index < -0.39 is 0 Å². The fourth-order valence-electron chi connectivity index (χ4n) is 2.80. The van der Waals surface area contributed by atoms with E-state index in [-0.39, 0.29) is 24.0 Å². The lowest BCUT2D eigenvalue weighted by Crippen LogP contribution is -2.40. The van der Waals surface area contributed by atoms with Crippen LogP contribution >= 0.6 is 24.0 Å². The van der Waals surface area contributed by atoms with E-state index in [2.05, 4.69) is 24.2 Å². The second kappa shape index (κ2) is 7.35. The summed E-state index contributed by atoms with van der Waals surface area (Å²) in [5.41, 5.74) is 6.16. The van der Waals surface area contributed by atoms with E-state index in [0.717, 1.165) is 12.5 Å². The predicted octanol–water partition coefficient (Wildman–Crippen LogP) is 2.75. The van der Waals surface area contributed by atoms with Gasteiger partial charge in [-0.3, -0.25) is 4.99 Å². The molecule has 1 saturated carbocycles. The van der Waals surface area contributed by atoms with E-state index in [1.807, 2.05) is 0 Å². The minimum atomic E-state index is 0.